The van der Waals surface area contributed by atoms with Crippen LogP contribution in [0.4, 0.5) is 5.95 Å². The van der Waals surface area contributed by atoms with Crippen molar-refractivity contribution in [3.63, 3.8) is 0 Å². The van der Waals surface area contributed by atoms with Crippen LogP contribution < -0.4 is 10.1 Å². The Labute approximate surface area is 161 Å². The first-order chi connectivity index (χ1) is 13.8. The Bertz CT molecular complexity index is 1030. The first-order valence-corrected chi connectivity index (χ1v) is 8.94. The predicted octanol–water partition coefficient (Wildman–Crippen LogP) is 2.46. The Morgan fingerprint density at radius 2 is 1.82 bits per heavy atom. The zero-order valence-corrected chi connectivity index (χ0v) is 15.3. The van der Waals surface area contributed by atoms with Crippen molar-refractivity contribution in [3.05, 3.63) is 60.2 Å². The van der Waals surface area contributed by atoms with Crippen LogP contribution in [0, 0.1) is 0 Å². The number of hydrogen-bond acceptors (Lipinski definition) is 8. The summed E-state index contributed by atoms with van der Waals surface area (Å²) in [4.78, 5) is 0. The van der Waals surface area contributed by atoms with Gasteiger partial charge in [0.15, 0.2) is 0 Å². The summed E-state index contributed by atoms with van der Waals surface area (Å²) >= 11 is 0. The average molecular weight is 377 g/mol. The molecule has 4 rings (SSSR count). The van der Waals surface area contributed by atoms with Crippen LogP contribution >= 0.6 is 0 Å². The Hall–Kier alpha value is -3.82. The summed E-state index contributed by atoms with van der Waals surface area (Å²) in [5.41, 5.74) is 1.84. The van der Waals surface area contributed by atoms with Crippen molar-refractivity contribution >= 4 is 5.95 Å². The zero-order chi connectivity index (χ0) is 19.2. The van der Waals surface area contributed by atoms with Gasteiger partial charge in [-0.1, -0.05) is 47.5 Å². The van der Waals surface area contributed by atoms with Gasteiger partial charge in [-0.05, 0) is 57.1 Å². The maximum absolute atomic E-state index is 5.90. The second-order valence-corrected chi connectivity index (χ2v) is 6.04. The molecule has 2 heterocycles. The molecular formula is C18H19N9O. The number of nitrogens with zero attached hydrogens (tertiary/aromatic N) is 8. The molecule has 0 saturated carbocycles. The van der Waals surface area contributed by atoms with Gasteiger partial charge in [0.05, 0.1) is 5.69 Å². The summed E-state index contributed by atoms with van der Waals surface area (Å²) in [6.45, 7) is 3.40. The third-order valence-electron chi connectivity index (χ3n) is 3.97. The smallest absolute Gasteiger partial charge is 0.345 e. The van der Waals surface area contributed by atoms with E-state index in [2.05, 4.69) is 43.3 Å². The van der Waals surface area contributed by atoms with Gasteiger partial charge < -0.3 is 10.1 Å². The summed E-state index contributed by atoms with van der Waals surface area (Å²) in [5, 5.41) is 26.6. The second-order valence-electron chi connectivity index (χ2n) is 6.04. The van der Waals surface area contributed by atoms with Crippen LogP contribution in [0.2, 0.25) is 0 Å². The van der Waals surface area contributed by atoms with Crippen LogP contribution in [0.5, 0.6) is 11.8 Å². The van der Waals surface area contributed by atoms with Gasteiger partial charge in [0, 0.05) is 13.1 Å². The lowest BCUT2D eigenvalue weighted by Gasteiger charge is -2.09. The minimum atomic E-state index is 0.295. The molecule has 0 atom stereocenters. The minimum Gasteiger partial charge on any atom is -0.423 e. The first kappa shape index (κ1) is 17.6. The average Bonchev–Trinajstić information content (AvgIpc) is 3.37. The van der Waals surface area contributed by atoms with Crippen LogP contribution in [-0.4, -0.2) is 40.4 Å². The number of aromatic nitrogens is 8. The van der Waals surface area contributed by atoms with Gasteiger partial charge in [0.25, 0.3) is 0 Å². The lowest BCUT2D eigenvalue weighted by atomic mass is 10.2. The van der Waals surface area contributed by atoms with Gasteiger partial charge in [0.2, 0.25) is 5.95 Å². The molecule has 0 aliphatic rings. The molecule has 1 N–H and O–H groups in total. The van der Waals surface area contributed by atoms with E-state index in [1.165, 1.54) is 0 Å². The van der Waals surface area contributed by atoms with Gasteiger partial charge in [0.1, 0.15) is 5.75 Å². The van der Waals surface area contributed by atoms with Crippen molar-refractivity contribution in [1.82, 2.24) is 40.4 Å². The van der Waals surface area contributed by atoms with E-state index in [4.69, 9.17) is 4.74 Å². The van der Waals surface area contributed by atoms with Crippen molar-refractivity contribution in [3.8, 4) is 17.4 Å². The highest BCUT2D eigenvalue weighted by molar-refractivity contribution is 5.35. The number of ether oxygens (including phenoxy) is 1. The number of aryl methyl sites for hydroxylation is 1. The zero-order valence-electron chi connectivity index (χ0n) is 15.3. The summed E-state index contributed by atoms with van der Waals surface area (Å²) in [6, 6.07) is 17.6. The normalized spacial score (nSPS) is 10.8. The molecule has 2 aromatic carbocycles. The van der Waals surface area contributed by atoms with E-state index in [-0.39, 0.29) is 0 Å². The fourth-order valence-electron chi connectivity index (χ4n) is 2.67. The van der Waals surface area contributed by atoms with E-state index in [1.54, 1.807) is 9.36 Å². The molecule has 28 heavy (non-hydrogen) atoms. The Morgan fingerprint density at radius 1 is 0.964 bits per heavy atom. The molecule has 10 heteroatoms. The molecule has 2 aromatic heterocycles. The number of nitrogens with one attached hydrogen (secondary N) is 1. The van der Waals surface area contributed by atoms with Gasteiger partial charge in [-0.15, -0.1) is 0 Å². The Balaban J connectivity index is 1.46. The van der Waals surface area contributed by atoms with Crippen molar-refractivity contribution in [2.75, 3.05) is 5.32 Å². The Kier molecular flexibility index (Phi) is 5.18. The van der Waals surface area contributed by atoms with Crippen LogP contribution in [0.25, 0.3) is 5.69 Å². The number of anilines is 1. The SMILES string of the molecule is CCCn1nnnc1NCc1cccc(Oc2nnnn2-c2ccccc2)c1. The Morgan fingerprint density at radius 3 is 2.68 bits per heavy atom. The highest BCUT2D eigenvalue weighted by Gasteiger charge is 2.11. The third kappa shape index (κ3) is 3.95. The molecule has 142 valence electrons. The highest BCUT2D eigenvalue weighted by atomic mass is 16.5. The van der Waals surface area contributed by atoms with Crippen molar-refractivity contribution in [2.24, 2.45) is 0 Å². The molecule has 0 saturated heterocycles. The lowest BCUT2D eigenvalue weighted by Crippen LogP contribution is -2.08. The molecule has 0 amide bonds. The van der Waals surface area contributed by atoms with Crippen LogP contribution in [0.15, 0.2) is 54.6 Å². The quantitative estimate of drug-likeness (QED) is 0.499. The van der Waals surface area contributed by atoms with Crippen molar-refractivity contribution in [1.29, 1.82) is 0 Å². The highest BCUT2D eigenvalue weighted by Crippen LogP contribution is 2.22. The molecular weight excluding hydrogens is 358 g/mol. The maximum atomic E-state index is 5.90. The summed E-state index contributed by atoms with van der Waals surface area (Å²) in [5.74, 6) is 1.28. The number of hydrogen-bond donors (Lipinski definition) is 1. The summed E-state index contributed by atoms with van der Waals surface area (Å²) in [6.07, 6.45) is 0.958. The van der Waals surface area contributed by atoms with E-state index in [0.717, 1.165) is 24.2 Å². The summed E-state index contributed by atoms with van der Waals surface area (Å²) < 4.78 is 9.19. The third-order valence-corrected chi connectivity index (χ3v) is 3.97. The molecule has 0 spiro atoms. The van der Waals surface area contributed by atoms with E-state index in [9.17, 15) is 0 Å². The van der Waals surface area contributed by atoms with E-state index in [0.29, 0.717) is 24.3 Å². The van der Waals surface area contributed by atoms with Crippen molar-refractivity contribution in [2.45, 2.75) is 26.4 Å². The van der Waals surface area contributed by atoms with Gasteiger partial charge in [-0.25, -0.2) is 4.68 Å². The lowest BCUT2D eigenvalue weighted by molar-refractivity contribution is 0.427. The van der Waals surface area contributed by atoms with E-state index < -0.39 is 0 Å². The molecule has 4 aromatic rings. The number of benzene rings is 2. The standard InChI is InChI=1S/C18H19N9O/c1-2-11-26-17(20-22-24-26)19-13-14-7-6-10-16(12-14)28-18-21-23-25-27(18)15-8-4-3-5-9-15/h3-10,12H,2,11,13H2,1H3,(H,19,20,24). The van der Waals surface area contributed by atoms with Gasteiger partial charge in [-0.2, -0.15) is 4.68 Å². The predicted molar refractivity (Wildman–Crippen MR) is 101 cm³/mol. The van der Waals surface area contributed by atoms with E-state index in [1.807, 2.05) is 54.6 Å². The molecule has 0 fully saturated rings. The van der Waals surface area contributed by atoms with Crippen LogP contribution in [0.3, 0.4) is 0 Å². The van der Waals surface area contributed by atoms with Crippen LogP contribution in [0.1, 0.15) is 18.9 Å². The number of para-hydroxylation sites is 1. The molecule has 0 aliphatic heterocycles. The molecule has 0 radical (unpaired) electrons. The number of rotatable bonds is 8. The van der Waals surface area contributed by atoms with E-state index >= 15 is 0 Å². The fourth-order valence-corrected chi connectivity index (χ4v) is 2.67. The first-order valence-electron chi connectivity index (χ1n) is 8.94. The largest absolute Gasteiger partial charge is 0.423 e. The van der Waals surface area contributed by atoms with Gasteiger partial charge in [-0.3, -0.25) is 0 Å². The molecule has 0 unspecified atom stereocenters. The fraction of sp³-hybridized carbons (Fsp3) is 0.222. The van der Waals surface area contributed by atoms with Crippen molar-refractivity contribution < 1.29 is 4.74 Å². The van der Waals surface area contributed by atoms with Gasteiger partial charge >= 0.3 is 6.01 Å². The van der Waals surface area contributed by atoms with Crippen LogP contribution in [-0.2, 0) is 13.1 Å². The second kappa shape index (κ2) is 8.25. The molecule has 10 nitrogen and oxygen atoms in total. The number of tetrazole rings is 2. The maximum Gasteiger partial charge on any atom is 0.345 e. The molecule has 0 bridgehead atoms. The summed E-state index contributed by atoms with van der Waals surface area (Å²) in [7, 11) is 0. The monoisotopic (exact) mass is 377 g/mol. The minimum absolute atomic E-state index is 0.295. The molecule has 0 aliphatic carbocycles. The topological polar surface area (TPSA) is 108 Å².